The van der Waals surface area contributed by atoms with Crippen LogP contribution in [0.5, 0.6) is 0 Å². The zero-order valence-corrected chi connectivity index (χ0v) is 15.3. The maximum atomic E-state index is 6.07. The number of aliphatic imine (C=N–C) groups is 1. The van der Waals surface area contributed by atoms with Crippen LogP contribution in [0.1, 0.15) is 19.4 Å². The monoisotopic (exact) mass is 347 g/mol. The Morgan fingerprint density at radius 1 is 1.29 bits per heavy atom. The molecule has 0 aliphatic rings. The molecular formula is C18H26ClN5. The van der Waals surface area contributed by atoms with Gasteiger partial charge in [0, 0.05) is 37.6 Å². The molecule has 0 saturated carbocycles. The largest absolute Gasteiger partial charge is 0.356 e. The molecule has 0 fully saturated rings. The third-order valence-corrected chi connectivity index (χ3v) is 3.96. The van der Waals surface area contributed by atoms with E-state index in [1.807, 2.05) is 35.1 Å². The Labute approximate surface area is 149 Å². The van der Waals surface area contributed by atoms with E-state index in [0.717, 1.165) is 37.0 Å². The van der Waals surface area contributed by atoms with Crippen molar-refractivity contribution in [3.8, 4) is 0 Å². The van der Waals surface area contributed by atoms with Crippen LogP contribution < -0.4 is 10.6 Å². The second-order valence-corrected chi connectivity index (χ2v) is 7.03. The first kappa shape index (κ1) is 18.3. The van der Waals surface area contributed by atoms with E-state index in [1.165, 1.54) is 5.56 Å². The molecular weight excluding hydrogens is 322 g/mol. The number of guanidine groups is 1. The van der Waals surface area contributed by atoms with Crippen molar-refractivity contribution in [1.82, 2.24) is 20.4 Å². The maximum Gasteiger partial charge on any atom is 0.191 e. The van der Waals surface area contributed by atoms with Crippen LogP contribution in [0.25, 0.3) is 0 Å². The molecule has 0 saturated heterocycles. The Bertz CT molecular complexity index is 649. The predicted molar refractivity (Wildman–Crippen MR) is 101 cm³/mol. The number of aromatic nitrogens is 2. The fourth-order valence-corrected chi connectivity index (χ4v) is 2.74. The van der Waals surface area contributed by atoms with E-state index >= 15 is 0 Å². The summed E-state index contributed by atoms with van der Waals surface area (Å²) < 4.78 is 1.89. The summed E-state index contributed by atoms with van der Waals surface area (Å²) in [6.45, 7) is 6.87. The Hall–Kier alpha value is -2.01. The average molecular weight is 348 g/mol. The van der Waals surface area contributed by atoms with Crippen molar-refractivity contribution in [3.63, 3.8) is 0 Å². The molecule has 0 aliphatic heterocycles. The van der Waals surface area contributed by atoms with Gasteiger partial charge in [0.2, 0.25) is 0 Å². The quantitative estimate of drug-likeness (QED) is 0.598. The highest BCUT2D eigenvalue weighted by Crippen LogP contribution is 2.22. The molecule has 0 spiro atoms. The van der Waals surface area contributed by atoms with Gasteiger partial charge < -0.3 is 10.6 Å². The maximum absolute atomic E-state index is 6.07. The molecule has 1 aromatic heterocycles. The topological polar surface area (TPSA) is 54.2 Å². The molecule has 0 aliphatic carbocycles. The van der Waals surface area contributed by atoms with Gasteiger partial charge in [-0.3, -0.25) is 9.67 Å². The zero-order valence-electron chi connectivity index (χ0n) is 14.6. The van der Waals surface area contributed by atoms with Gasteiger partial charge in [0.15, 0.2) is 5.96 Å². The Morgan fingerprint density at radius 2 is 2.12 bits per heavy atom. The lowest BCUT2D eigenvalue weighted by molar-refractivity contribution is 0.359. The molecule has 0 atom stereocenters. The van der Waals surface area contributed by atoms with Gasteiger partial charge in [-0.25, -0.2) is 0 Å². The fourth-order valence-electron chi connectivity index (χ4n) is 2.53. The van der Waals surface area contributed by atoms with Crippen molar-refractivity contribution < 1.29 is 0 Å². The number of benzene rings is 1. The van der Waals surface area contributed by atoms with Crippen LogP contribution in [0.3, 0.4) is 0 Å². The first-order chi connectivity index (χ1) is 11.5. The normalized spacial score (nSPS) is 12.2. The smallest absolute Gasteiger partial charge is 0.191 e. The molecule has 2 N–H and O–H groups in total. The minimum atomic E-state index is 0.0876. The zero-order chi connectivity index (χ0) is 17.4. The molecule has 0 radical (unpaired) electrons. The van der Waals surface area contributed by atoms with Crippen molar-refractivity contribution in [3.05, 3.63) is 53.3 Å². The molecule has 6 heteroatoms. The predicted octanol–water partition coefficient (Wildman–Crippen LogP) is 2.97. The SMILES string of the molecule is CN=C(NCCn1cccn1)NCC(C)(C)Cc1cccc(Cl)c1. The van der Waals surface area contributed by atoms with Crippen LogP contribution in [0.4, 0.5) is 0 Å². The van der Waals surface area contributed by atoms with Crippen LogP contribution in [0.2, 0.25) is 5.02 Å². The highest BCUT2D eigenvalue weighted by molar-refractivity contribution is 6.30. The lowest BCUT2D eigenvalue weighted by Crippen LogP contribution is -2.43. The first-order valence-electron chi connectivity index (χ1n) is 8.15. The average Bonchev–Trinajstić information content (AvgIpc) is 3.03. The van der Waals surface area contributed by atoms with Crippen LogP contribution in [-0.4, -0.2) is 35.9 Å². The van der Waals surface area contributed by atoms with E-state index in [9.17, 15) is 0 Å². The van der Waals surface area contributed by atoms with Gasteiger partial charge in [0.25, 0.3) is 0 Å². The molecule has 24 heavy (non-hydrogen) atoms. The Morgan fingerprint density at radius 3 is 2.79 bits per heavy atom. The van der Waals surface area contributed by atoms with E-state index in [1.54, 1.807) is 13.2 Å². The van der Waals surface area contributed by atoms with Gasteiger partial charge in [-0.1, -0.05) is 37.6 Å². The number of halogens is 1. The van der Waals surface area contributed by atoms with Crippen LogP contribution in [0, 0.1) is 5.41 Å². The number of hydrogen-bond donors (Lipinski definition) is 2. The molecule has 1 aromatic carbocycles. The molecule has 1 heterocycles. The number of nitrogens with zero attached hydrogens (tertiary/aromatic N) is 3. The highest BCUT2D eigenvalue weighted by atomic mass is 35.5. The molecule has 0 bridgehead atoms. The van der Waals surface area contributed by atoms with E-state index in [0.29, 0.717) is 0 Å². The van der Waals surface area contributed by atoms with Crippen LogP contribution in [-0.2, 0) is 13.0 Å². The first-order valence-corrected chi connectivity index (χ1v) is 8.53. The van der Waals surface area contributed by atoms with Crippen molar-refractivity contribution in [2.24, 2.45) is 10.4 Å². The van der Waals surface area contributed by atoms with Gasteiger partial charge in [0.05, 0.1) is 6.54 Å². The summed E-state index contributed by atoms with van der Waals surface area (Å²) in [7, 11) is 1.78. The lowest BCUT2D eigenvalue weighted by Gasteiger charge is -2.26. The highest BCUT2D eigenvalue weighted by Gasteiger charge is 2.19. The van der Waals surface area contributed by atoms with Crippen molar-refractivity contribution in [2.75, 3.05) is 20.1 Å². The van der Waals surface area contributed by atoms with E-state index in [4.69, 9.17) is 11.6 Å². The van der Waals surface area contributed by atoms with E-state index in [-0.39, 0.29) is 5.41 Å². The molecule has 0 unspecified atom stereocenters. The molecule has 2 aromatic rings. The summed E-state index contributed by atoms with van der Waals surface area (Å²) in [5.74, 6) is 0.807. The van der Waals surface area contributed by atoms with Gasteiger partial charge in [-0.15, -0.1) is 0 Å². The van der Waals surface area contributed by atoms with Gasteiger partial charge in [-0.05, 0) is 35.6 Å². The third kappa shape index (κ3) is 6.24. The summed E-state index contributed by atoms with van der Waals surface area (Å²) in [5, 5.41) is 11.7. The van der Waals surface area contributed by atoms with Gasteiger partial charge in [-0.2, -0.15) is 5.10 Å². The molecule has 0 amide bonds. The minimum Gasteiger partial charge on any atom is -0.356 e. The minimum absolute atomic E-state index is 0.0876. The van der Waals surface area contributed by atoms with Crippen LogP contribution >= 0.6 is 11.6 Å². The van der Waals surface area contributed by atoms with E-state index < -0.39 is 0 Å². The number of nitrogens with one attached hydrogen (secondary N) is 2. The van der Waals surface area contributed by atoms with E-state index in [2.05, 4.69) is 40.6 Å². The van der Waals surface area contributed by atoms with Gasteiger partial charge in [0.1, 0.15) is 0 Å². The Kier molecular flexibility index (Phi) is 6.67. The third-order valence-electron chi connectivity index (χ3n) is 3.72. The van der Waals surface area contributed by atoms with Crippen molar-refractivity contribution >= 4 is 17.6 Å². The summed E-state index contributed by atoms with van der Waals surface area (Å²) >= 11 is 6.07. The number of rotatable bonds is 7. The summed E-state index contributed by atoms with van der Waals surface area (Å²) in [5.41, 5.74) is 1.33. The lowest BCUT2D eigenvalue weighted by atomic mass is 9.86. The molecule has 5 nitrogen and oxygen atoms in total. The summed E-state index contributed by atoms with van der Waals surface area (Å²) in [6, 6.07) is 9.97. The second kappa shape index (κ2) is 8.73. The standard InChI is InChI=1S/C18H26ClN5/c1-18(2,13-15-6-4-7-16(19)12-15)14-22-17(20-3)21-9-11-24-10-5-8-23-24/h4-8,10,12H,9,11,13-14H2,1-3H3,(H2,20,21,22). The van der Waals surface area contributed by atoms with Crippen molar-refractivity contribution in [2.45, 2.75) is 26.8 Å². The fraction of sp³-hybridized carbons (Fsp3) is 0.444. The van der Waals surface area contributed by atoms with Gasteiger partial charge >= 0.3 is 0 Å². The Balaban J connectivity index is 1.78. The van der Waals surface area contributed by atoms with Crippen molar-refractivity contribution in [1.29, 1.82) is 0 Å². The molecule has 130 valence electrons. The molecule has 2 rings (SSSR count). The number of hydrogen-bond acceptors (Lipinski definition) is 2. The second-order valence-electron chi connectivity index (χ2n) is 6.59. The summed E-state index contributed by atoms with van der Waals surface area (Å²) in [6.07, 6.45) is 4.68. The van der Waals surface area contributed by atoms with Crippen LogP contribution in [0.15, 0.2) is 47.7 Å². The summed E-state index contributed by atoms with van der Waals surface area (Å²) in [4.78, 5) is 4.27.